The Bertz CT molecular complexity index is 488. The quantitative estimate of drug-likeness (QED) is 0.809. The first-order chi connectivity index (χ1) is 9.95. The van der Waals surface area contributed by atoms with E-state index in [1.807, 2.05) is 25.1 Å². The first-order valence-electron chi connectivity index (χ1n) is 7.29. The molecule has 5 heteroatoms. The van der Waals surface area contributed by atoms with Crippen molar-refractivity contribution in [3.05, 3.63) is 29.8 Å². The number of carbonyl (C=O) groups is 2. The summed E-state index contributed by atoms with van der Waals surface area (Å²) in [5.41, 5.74) is 1.52. The molecule has 0 saturated heterocycles. The van der Waals surface area contributed by atoms with Gasteiger partial charge in [0.15, 0.2) is 0 Å². The Morgan fingerprint density at radius 2 is 2.00 bits per heavy atom. The van der Waals surface area contributed by atoms with Crippen LogP contribution >= 0.6 is 0 Å². The van der Waals surface area contributed by atoms with E-state index in [-0.39, 0.29) is 18.5 Å². The minimum atomic E-state index is -0.843. The minimum absolute atomic E-state index is 0.0506. The number of rotatable bonds is 7. The first kappa shape index (κ1) is 17.0. The van der Waals surface area contributed by atoms with Crippen LogP contribution < -0.4 is 5.32 Å². The number of carboxylic acids is 1. The predicted octanol–water partition coefficient (Wildman–Crippen LogP) is 3.36. The molecule has 1 atom stereocenters. The van der Waals surface area contributed by atoms with Crippen LogP contribution in [0.25, 0.3) is 0 Å². The van der Waals surface area contributed by atoms with E-state index in [2.05, 4.69) is 12.2 Å². The van der Waals surface area contributed by atoms with Gasteiger partial charge in [0.1, 0.15) is 0 Å². The summed E-state index contributed by atoms with van der Waals surface area (Å²) in [5.74, 6) is -0.843. The van der Waals surface area contributed by atoms with Gasteiger partial charge < -0.3 is 15.3 Å². The van der Waals surface area contributed by atoms with Crippen LogP contribution in [0.4, 0.5) is 10.5 Å². The van der Waals surface area contributed by atoms with Crippen LogP contribution in [0.1, 0.15) is 38.7 Å². The van der Waals surface area contributed by atoms with Gasteiger partial charge in [0.2, 0.25) is 0 Å². The summed E-state index contributed by atoms with van der Waals surface area (Å²) in [7, 11) is 1.77. The Kier molecular flexibility index (Phi) is 6.72. The number of para-hydroxylation sites is 1. The second kappa shape index (κ2) is 8.29. The van der Waals surface area contributed by atoms with Crippen molar-refractivity contribution in [2.75, 3.05) is 12.4 Å². The number of benzene rings is 1. The van der Waals surface area contributed by atoms with Gasteiger partial charge in [-0.25, -0.2) is 4.79 Å². The van der Waals surface area contributed by atoms with Gasteiger partial charge in [0, 0.05) is 25.2 Å². The topological polar surface area (TPSA) is 69.6 Å². The van der Waals surface area contributed by atoms with Crippen molar-refractivity contribution in [2.45, 2.75) is 45.6 Å². The van der Waals surface area contributed by atoms with E-state index in [1.165, 1.54) is 0 Å². The number of amides is 2. The highest BCUT2D eigenvalue weighted by Gasteiger charge is 2.16. The van der Waals surface area contributed by atoms with Crippen molar-refractivity contribution < 1.29 is 14.7 Å². The molecule has 0 aliphatic carbocycles. The SMILES string of the molecule is CCCC(C)N(C)C(=O)Nc1ccccc1CCC(=O)O. The van der Waals surface area contributed by atoms with Gasteiger partial charge in [0.25, 0.3) is 0 Å². The number of nitrogens with one attached hydrogen (secondary N) is 1. The second-order valence-electron chi connectivity index (χ2n) is 5.23. The molecule has 0 radical (unpaired) electrons. The number of aryl methyl sites for hydroxylation is 1. The molecule has 2 amide bonds. The summed E-state index contributed by atoms with van der Waals surface area (Å²) < 4.78 is 0. The van der Waals surface area contributed by atoms with Crippen molar-refractivity contribution in [3.8, 4) is 0 Å². The smallest absolute Gasteiger partial charge is 0.321 e. The van der Waals surface area contributed by atoms with Crippen LogP contribution in [0.3, 0.4) is 0 Å². The number of carboxylic acid groups (broad SMARTS) is 1. The molecule has 1 rings (SSSR count). The van der Waals surface area contributed by atoms with Gasteiger partial charge in [-0.2, -0.15) is 0 Å². The van der Waals surface area contributed by atoms with E-state index in [0.29, 0.717) is 12.1 Å². The number of aliphatic carboxylic acids is 1. The Balaban J connectivity index is 2.73. The molecule has 0 aliphatic heterocycles. The summed E-state index contributed by atoms with van der Waals surface area (Å²) in [6, 6.07) is 7.31. The number of anilines is 1. The average molecular weight is 292 g/mol. The molecule has 1 aromatic carbocycles. The normalized spacial score (nSPS) is 11.8. The number of urea groups is 1. The number of carbonyl (C=O) groups excluding carboxylic acids is 1. The van der Waals surface area contributed by atoms with Gasteiger partial charge in [-0.05, 0) is 31.4 Å². The van der Waals surface area contributed by atoms with E-state index in [9.17, 15) is 9.59 Å². The predicted molar refractivity (Wildman–Crippen MR) is 83.6 cm³/mol. The molecule has 2 N–H and O–H groups in total. The zero-order chi connectivity index (χ0) is 15.8. The van der Waals surface area contributed by atoms with Gasteiger partial charge in [-0.15, -0.1) is 0 Å². The molecule has 0 spiro atoms. The monoisotopic (exact) mass is 292 g/mol. The highest BCUT2D eigenvalue weighted by molar-refractivity contribution is 5.90. The van der Waals surface area contributed by atoms with E-state index in [4.69, 9.17) is 5.11 Å². The summed E-state index contributed by atoms with van der Waals surface area (Å²) in [5, 5.41) is 11.6. The third kappa shape index (κ3) is 5.45. The van der Waals surface area contributed by atoms with Crippen LogP contribution in [0.5, 0.6) is 0 Å². The molecule has 0 saturated carbocycles. The molecule has 0 fully saturated rings. The van der Waals surface area contributed by atoms with Crippen molar-refractivity contribution in [1.82, 2.24) is 4.90 Å². The molecular formula is C16H24N2O3. The Morgan fingerprint density at radius 3 is 2.62 bits per heavy atom. The molecule has 0 bridgehead atoms. The summed E-state index contributed by atoms with van der Waals surface area (Å²) >= 11 is 0. The largest absolute Gasteiger partial charge is 0.481 e. The third-order valence-electron chi connectivity index (χ3n) is 3.56. The lowest BCUT2D eigenvalue weighted by Gasteiger charge is -2.25. The number of hydrogen-bond acceptors (Lipinski definition) is 2. The highest BCUT2D eigenvalue weighted by atomic mass is 16.4. The molecule has 116 valence electrons. The second-order valence-corrected chi connectivity index (χ2v) is 5.23. The summed E-state index contributed by atoms with van der Waals surface area (Å²) in [4.78, 5) is 24.6. The molecule has 0 aliphatic rings. The van der Waals surface area contributed by atoms with E-state index < -0.39 is 5.97 Å². The van der Waals surface area contributed by atoms with Gasteiger partial charge in [0.05, 0.1) is 0 Å². The van der Waals surface area contributed by atoms with Crippen molar-refractivity contribution in [1.29, 1.82) is 0 Å². The Labute approximate surface area is 126 Å². The van der Waals surface area contributed by atoms with Crippen LogP contribution in [-0.2, 0) is 11.2 Å². The first-order valence-corrected chi connectivity index (χ1v) is 7.29. The van der Waals surface area contributed by atoms with Gasteiger partial charge >= 0.3 is 12.0 Å². The standard InChI is InChI=1S/C16H24N2O3/c1-4-7-12(2)18(3)16(21)17-14-9-6-5-8-13(14)10-11-15(19)20/h5-6,8-9,12H,4,7,10-11H2,1-3H3,(H,17,21)(H,19,20). The maximum absolute atomic E-state index is 12.2. The average Bonchev–Trinajstić information content (AvgIpc) is 2.45. The lowest BCUT2D eigenvalue weighted by atomic mass is 10.1. The van der Waals surface area contributed by atoms with Gasteiger partial charge in [-0.1, -0.05) is 31.5 Å². The van der Waals surface area contributed by atoms with E-state index in [0.717, 1.165) is 18.4 Å². The fraction of sp³-hybridized carbons (Fsp3) is 0.500. The van der Waals surface area contributed by atoms with Crippen molar-refractivity contribution in [3.63, 3.8) is 0 Å². The van der Waals surface area contributed by atoms with Crippen LogP contribution in [0.15, 0.2) is 24.3 Å². The Morgan fingerprint density at radius 1 is 1.33 bits per heavy atom. The minimum Gasteiger partial charge on any atom is -0.481 e. The molecule has 1 unspecified atom stereocenters. The lowest BCUT2D eigenvalue weighted by Crippen LogP contribution is -2.38. The molecule has 0 heterocycles. The number of nitrogens with zero attached hydrogens (tertiary/aromatic N) is 1. The van der Waals surface area contributed by atoms with E-state index in [1.54, 1.807) is 18.0 Å². The summed E-state index contributed by atoms with van der Waals surface area (Å²) in [6.07, 6.45) is 2.42. The van der Waals surface area contributed by atoms with E-state index >= 15 is 0 Å². The van der Waals surface area contributed by atoms with Crippen LogP contribution in [0.2, 0.25) is 0 Å². The van der Waals surface area contributed by atoms with Gasteiger partial charge in [-0.3, -0.25) is 4.79 Å². The van der Waals surface area contributed by atoms with Crippen LogP contribution in [-0.4, -0.2) is 35.1 Å². The zero-order valence-electron chi connectivity index (χ0n) is 12.9. The lowest BCUT2D eigenvalue weighted by molar-refractivity contribution is -0.136. The molecular weight excluding hydrogens is 268 g/mol. The molecule has 0 aromatic heterocycles. The number of hydrogen-bond donors (Lipinski definition) is 2. The fourth-order valence-corrected chi connectivity index (χ4v) is 2.12. The molecule has 1 aromatic rings. The maximum atomic E-state index is 12.2. The molecule has 21 heavy (non-hydrogen) atoms. The molecule has 5 nitrogen and oxygen atoms in total. The maximum Gasteiger partial charge on any atom is 0.321 e. The van der Waals surface area contributed by atoms with Crippen molar-refractivity contribution in [2.24, 2.45) is 0 Å². The fourth-order valence-electron chi connectivity index (χ4n) is 2.12. The van der Waals surface area contributed by atoms with Crippen LogP contribution in [0, 0.1) is 0 Å². The summed E-state index contributed by atoms with van der Waals surface area (Å²) in [6.45, 7) is 4.10. The van der Waals surface area contributed by atoms with Crippen molar-refractivity contribution >= 4 is 17.7 Å². The third-order valence-corrected chi connectivity index (χ3v) is 3.56. The highest BCUT2D eigenvalue weighted by Crippen LogP contribution is 2.18. The zero-order valence-corrected chi connectivity index (χ0v) is 12.9. The Hall–Kier alpha value is -2.04.